The molecular formula is C20H21NO5. The maximum Gasteiger partial charge on any atom is 0.339 e. The van der Waals surface area contributed by atoms with Crippen LogP contribution in [0.4, 0.5) is 5.69 Å². The summed E-state index contributed by atoms with van der Waals surface area (Å²) in [5, 5.41) is 0. The van der Waals surface area contributed by atoms with Crippen molar-refractivity contribution in [2.24, 2.45) is 0 Å². The van der Waals surface area contributed by atoms with Gasteiger partial charge in [0, 0.05) is 18.3 Å². The summed E-state index contributed by atoms with van der Waals surface area (Å²) in [4.78, 5) is 26.8. The van der Waals surface area contributed by atoms with E-state index >= 15 is 0 Å². The van der Waals surface area contributed by atoms with E-state index in [0.29, 0.717) is 18.0 Å². The van der Waals surface area contributed by atoms with Gasteiger partial charge in [0.05, 0.1) is 19.8 Å². The standard InChI is InChI=1S/C20H21NO5/c1-13(19(22)21-9-8-14-6-4-5-7-18(14)21)26-20(23)15-10-16(24-2)12-17(11-15)25-3/h4-7,10-13H,8-9H2,1-3H3/t13-/m0/s1. The third-order valence-corrected chi connectivity index (χ3v) is 4.37. The average molecular weight is 355 g/mol. The largest absolute Gasteiger partial charge is 0.497 e. The molecule has 0 saturated heterocycles. The number of benzene rings is 2. The van der Waals surface area contributed by atoms with E-state index in [4.69, 9.17) is 14.2 Å². The highest BCUT2D eigenvalue weighted by molar-refractivity contribution is 6.00. The minimum Gasteiger partial charge on any atom is -0.497 e. The van der Waals surface area contributed by atoms with Gasteiger partial charge in [-0.3, -0.25) is 4.79 Å². The zero-order valence-electron chi connectivity index (χ0n) is 15.0. The summed E-state index contributed by atoms with van der Waals surface area (Å²) in [5.41, 5.74) is 2.27. The molecule has 0 bridgehead atoms. The van der Waals surface area contributed by atoms with Crippen LogP contribution in [0.2, 0.25) is 0 Å². The second kappa shape index (κ2) is 7.47. The van der Waals surface area contributed by atoms with Crippen LogP contribution in [-0.4, -0.2) is 38.7 Å². The molecule has 1 atom stereocenters. The number of hydrogen-bond acceptors (Lipinski definition) is 5. The summed E-state index contributed by atoms with van der Waals surface area (Å²) in [5.74, 6) is 0.112. The normalized spacial score (nSPS) is 13.7. The molecular weight excluding hydrogens is 334 g/mol. The van der Waals surface area contributed by atoms with Crippen LogP contribution in [0.5, 0.6) is 11.5 Å². The van der Waals surface area contributed by atoms with Gasteiger partial charge in [-0.05, 0) is 37.1 Å². The number of esters is 1. The number of nitrogens with zero attached hydrogens (tertiary/aromatic N) is 1. The highest BCUT2D eigenvalue weighted by Crippen LogP contribution is 2.28. The van der Waals surface area contributed by atoms with Gasteiger partial charge in [-0.2, -0.15) is 0 Å². The lowest BCUT2D eigenvalue weighted by molar-refractivity contribution is -0.126. The number of ether oxygens (including phenoxy) is 3. The fraction of sp³-hybridized carbons (Fsp3) is 0.300. The smallest absolute Gasteiger partial charge is 0.339 e. The SMILES string of the molecule is COc1cc(OC)cc(C(=O)O[C@@H](C)C(=O)N2CCc3ccccc32)c1. The molecule has 6 heteroatoms. The summed E-state index contributed by atoms with van der Waals surface area (Å²) >= 11 is 0. The van der Waals surface area contributed by atoms with Gasteiger partial charge in [-0.25, -0.2) is 4.79 Å². The first-order valence-electron chi connectivity index (χ1n) is 8.37. The number of carbonyl (C=O) groups excluding carboxylic acids is 2. The average Bonchev–Trinajstić information content (AvgIpc) is 3.10. The van der Waals surface area contributed by atoms with E-state index in [-0.39, 0.29) is 11.5 Å². The third kappa shape index (κ3) is 3.49. The zero-order valence-corrected chi connectivity index (χ0v) is 15.0. The van der Waals surface area contributed by atoms with Crippen LogP contribution in [0, 0.1) is 0 Å². The van der Waals surface area contributed by atoms with E-state index in [1.807, 2.05) is 24.3 Å². The van der Waals surface area contributed by atoms with Crippen LogP contribution in [0.1, 0.15) is 22.8 Å². The van der Waals surface area contributed by atoms with Gasteiger partial charge in [0.15, 0.2) is 6.10 Å². The van der Waals surface area contributed by atoms with Crippen molar-refractivity contribution in [2.75, 3.05) is 25.7 Å². The van der Waals surface area contributed by atoms with Crippen LogP contribution < -0.4 is 14.4 Å². The number of methoxy groups -OCH3 is 2. The van der Waals surface area contributed by atoms with Gasteiger partial charge < -0.3 is 19.1 Å². The number of carbonyl (C=O) groups is 2. The predicted molar refractivity (Wildman–Crippen MR) is 96.9 cm³/mol. The minimum atomic E-state index is -0.897. The minimum absolute atomic E-state index is 0.238. The molecule has 2 aromatic carbocycles. The number of fused-ring (bicyclic) bond motifs is 1. The van der Waals surface area contributed by atoms with E-state index in [1.54, 1.807) is 30.0 Å². The molecule has 6 nitrogen and oxygen atoms in total. The van der Waals surface area contributed by atoms with Crippen molar-refractivity contribution >= 4 is 17.6 Å². The molecule has 136 valence electrons. The van der Waals surface area contributed by atoms with Crippen molar-refractivity contribution in [1.82, 2.24) is 0 Å². The Bertz CT molecular complexity index is 810. The highest BCUT2D eigenvalue weighted by atomic mass is 16.5. The topological polar surface area (TPSA) is 65.1 Å². The van der Waals surface area contributed by atoms with Crippen LogP contribution >= 0.6 is 0 Å². The number of amides is 1. The Hall–Kier alpha value is -3.02. The van der Waals surface area contributed by atoms with Crippen molar-refractivity contribution in [3.05, 3.63) is 53.6 Å². The number of hydrogen-bond donors (Lipinski definition) is 0. The molecule has 2 aromatic rings. The lowest BCUT2D eigenvalue weighted by Gasteiger charge is -2.21. The maximum atomic E-state index is 12.7. The van der Waals surface area contributed by atoms with Gasteiger partial charge >= 0.3 is 5.97 Å². The number of para-hydroxylation sites is 1. The van der Waals surface area contributed by atoms with Gasteiger partial charge in [-0.1, -0.05) is 18.2 Å². The summed E-state index contributed by atoms with van der Waals surface area (Å²) in [6.07, 6.45) is -0.0961. The molecule has 0 radical (unpaired) electrons. The lowest BCUT2D eigenvalue weighted by Crippen LogP contribution is -2.39. The van der Waals surface area contributed by atoms with Gasteiger partial charge in [0.2, 0.25) is 0 Å². The Morgan fingerprint density at radius 3 is 2.35 bits per heavy atom. The lowest BCUT2D eigenvalue weighted by atomic mass is 10.2. The Kier molecular flexibility index (Phi) is 5.11. The third-order valence-electron chi connectivity index (χ3n) is 4.37. The molecule has 0 unspecified atom stereocenters. The van der Waals surface area contributed by atoms with E-state index in [9.17, 15) is 9.59 Å². The number of anilines is 1. The maximum absolute atomic E-state index is 12.7. The first-order chi connectivity index (χ1) is 12.5. The Balaban J connectivity index is 1.73. The summed E-state index contributed by atoms with van der Waals surface area (Å²) in [6.45, 7) is 2.17. The fourth-order valence-electron chi connectivity index (χ4n) is 2.99. The second-order valence-corrected chi connectivity index (χ2v) is 6.02. The van der Waals surface area contributed by atoms with Crippen molar-refractivity contribution in [3.8, 4) is 11.5 Å². The number of rotatable bonds is 5. The molecule has 1 heterocycles. The van der Waals surface area contributed by atoms with E-state index < -0.39 is 12.1 Å². The van der Waals surface area contributed by atoms with E-state index in [2.05, 4.69) is 0 Å². The van der Waals surface area contributed by atoms with Gasteiger partial charge in [0.25, 0.3) is 5.91 Å². The van der Waals surface area contributed by atoms with Crippen LogP contribution in [0.15, 0.2) is 42.5 Å². The summed E-state index contributed by atoms with van der Waals surface area (Å²) in [7, 11) is 3.00. The Morgan fingerprint density at radius 1 is 1.04 bits per heavy atom. The Morgan fingerprint density at radius 2 is 1.69 bits per heavy atom. The monoisotopic (exact) mass is 355 g/mol. The summed E-state index contributed by atoms with van der Waals surface area (Å²) < 4.78 is 15.7. The van der Waals surface area contributed by atoms with Crippen LogP contribution in [0.25, 0.3) is 0 Å². The molecule has 3 rings (SSSR count). The van der Waals surface area contributed by atoms with Crippen molar-refractivity contribution in [1.29, 1.82) is 0 Å². The predicted octanol–water partition coefficient (Wildman–Crippen LogP) is 2.84. The van der Waals surface area contributed by atoms with Crippen molar-refractivity contribution < 1.29 is 23.8 Å². The van der Waals surface area contributed by atoms with E-state index in [0.717, 1.165) is 17.7 Å². The summed E-state index contributed by atoms with van der Waals surface area (Å²) in [6, 6.07) is 12.5. The quantitative estimate of drug-likeness (QED) is 0.772. The molecule has 1 aliphatic rings. The molecule has 0 N–H and O–H groups in total. The van der Waals surface area contributed by atoms with Gasteiger partial charge in [-0.15, -0.1) is 0 Å². The molecule has 1 amide bonds. The Labute approximate surface area is 152 Å². The molecule has 1 aliphatic heterocycles. The van der Waals surface area contributed by atoms with Crippen molar-refractivity contribution in [3.63, 3.8) is 0 Å². The highest BCUT2D eigenvalue weighted by Gasteiger charge is 2.30. The molecule has 0 aliphatic carbocycles. The second-order valence-electron chi connectivity index (χ2n) is 6.02. The molecule has 26 heavy (non-hydrogen) atoms. The van der Waals surface area contributed by atoms with E-state index in [1.165, 1.54) is 14.2 Å². The van der Waals surface area contributed by atoms with Crippen molar-refractivity contribution in [2.45, 2.75) is 19.4 Å². The molecule has 0 fully saturated rings. The van der Waals surface area contributed by atoms with Crippen LogP contribution in [0.3, 0.4) is 0 Å². The molecule has 0 spiro atoms. The first kappa shape index (κ1) is 17.8. The molecule has 0 aromatic heterocycles. The fourth-order valence-corrected chi connectivity index (χ4v) is 2.99. The van der Waals surface area contributed by atoms with Crippen LogP contribution in [-0.2, 0) is 16.0 Å². The first-order valence-corrected chi connectivity index (χ1v) is 8.37. The zero-order chi connectivity index (χ0) is 18.7. The van der Waals surface area contributed by atoms with Gasteiger partial charge in [0.1, 0.15) is 11.5 Å². The molecule has 0 saturated carbocycles.